The Kier molecular flexibility index (Phi) is 5.63. The minimum Gasteiger partial charge on any atom is -0.496 e. The molecule has 1 aromatic carbocycles. The van der Waals surface area contributed by atoms with E-state index in [1.165, 1.54) is 16.7 Å². The van der Waals surface area contributed by atoms with Crippen LogP contribution >= 0.6 is 0 Å². The van der Waals surface area contributed by atoms with Crippen molar-refractivity contribution in [2.24, 2.45) is 5.73 Å². The zero-order chi connectivity index (χ0) is 13.7. The quantitative estimate of drug-likeness (QED) is 0.816. The number of hydrogen-bond acceptors (Lipinski definition) is 3. The van der Waals surface area contributed by atoms with E-state index in [9.17, 15) is 0 Å². The van der Waals surface area contributed by atoms with E-state index in [1.807, 2.05) is 14.0 Å². The molecule has 1 aromatic rings. The number of benzene rings is 1. The van der Waals surface area contributed by atoms with Gasteiger partial charge in [0.1, 0.15) is 5.75 Å². The second-order valence-electron chi connectivity index (χ2n) is 5.10. The standard InChI is InChI=1S/C15H26N2O/c1-10-8-11(2)15(18-5)13(9-10)14(17-4)7-6-12(3)16/h8-9,12,14,17H,6-7,16H2,1-5H3. The normalized spacial score (nSPS) is 14.3. The topological polar surface area (TPSA) is 47.3 Å². The van der Waals surface area contributed by atoms with E-state index in [2.05, 4.69) is 31.3 Å². The highest BCUT2D eigenvalue weighted by Crippen LogP contribution is 2.32. The van der Waals surface area contributed by atoms with Crippen LogP contribution in [0.3, 0.4) is 0 Å². The molecular formula is C15H26N2O. The van der Waals surface area contributed by atoms with Crippen molar-refractivity contribution in [3.05, 3.63) is 28.8 Å². The lowest BCUT2D eigenvalue weighted by Gasteiger charge is -2.22. The third-order valence-corrected chi connectivity index (χ3v) is 3.29. The molecule has 0 saturated carbocycles. The van der Waals surface area contributed by atoms with Crippen LogP contribution in [0.25, 0.3) is 0 Å². The Balaban J connectivity index is 3.03. The molecule has 0 radical (unpaired) electrons. The van der Waals surface area contributed by atoms with Crippen molar-refractivity contribution in [1.82, 2.24) is 5.32 Å². The molecule has 0 aromatic heterocycles. The van der Waals surface area contributed by atoms with Crippen LogP contribution in [0.2, 0.25) is 0 Å². The Morgan fingerprint density at radius 1 is 1.28 bits per heavy atom. The molecule has 102 valence electrons. The Hall–Kier alpha value is -1.06. The Labute approximate surface area is 111 Å². The monoisotopic (exact) mass is 250 g/mol. The highest BCUT2D eigenvalue weighted by molar-refractivity contribution is 5.45. The molecule has 0 aliphatic rings. The van der Waals surface area contributed by atoms with E-state index in [0.717, 1.165) is 18.6 Å². The number of methoxy groups -OCH3 is 1. The summed E-state index contributed by atoms with van der Waals surface area (Å²) in [6, 6.07) is 4.89. The summed E-state index contributed by atoms with van der Waals surface area (Å²) < 4.78 is 5.55. The summed E-state index contributed by atoms with van der Waals surface area (Å²) in [6.07, 6.45) is 2.02. The van der Waals surface area contributed by atoms with Gasteiger partial charge in [-0.3, -0.25) is 0 Å². The van der Waals surface area contributed by atoms with Gasteiger partial charge in [0.15, 0.2) is 0 Å². The average molecular weight is 250 g/mol. The van der Waals surface area contributed by atoms with Gasteiger partial charge in [-0.05, 0) is 46.2 Å². The van der Waals surface area contributed by atoms with Gasteiger partial charge < -0.3 is 15.8 Å². The predicted octanol–water partition coefficient (Wildman–Crippen LogP) is 2.70. The van der Waals surface area contributed by atoms with Gasteiger partial charge in [0.25, 0.3) is 0 Å². The first-order valence-electron chi connectivity index (χ1n) is 6.57. The summed E-state index contributed by atoms with van der Waals surface area (Å²) in [5.74, 6) is 0.990. The third kappa shape index (κ3) is 3.72. The summed E-state index contributed by atoms with van der Waals surface area (Å²) in [5, 5.41) is 3.37. The van der Waals surface area contributed by atoms with Crippen molar-refractivity contribution in [2.45, 2.75) is 45.7 Å². The molecule has 2 atom stereocenters. The van der Waals surface area contributed by atoms with Gasteiger partial charge in [0.2, 0.25) is 0 Å². The van der Waals surface area contributed by atoms with Crippen molar-refractivity contribution in [3.8, 4) is 5.75 Å². The van der Waals surface area contributed by atoms with Gasteiger partial charge in [-0.15, -0.1) is 0 Å². The molecule has 0 amide bonds. The molecule has 0 spiro atoms. The highest BCUT2D eigenvalue weighted by Gasteiger charge is 2.17. The van der Waals surface area contributed by atoms with Crippen LogP contribution < -0.4 is 15.8 Å². The number of aryl methyl sites for hydroxylation is 2. The summed E-state index contributed by atoms with van der Waals surface area (Å²) in [6.45, 7) is 6.26. The molecule has 0 saturated heterocycles. The Bertz CT molecular complexity index is 388. The van der Waals surface area contributed by atoms with Crippen LogP contribution in [-0.4, -0.2) is 20.2 Å². The van der Waals surface area contributed by atoms with Crippen LogP contribution in [0.4, 0.5) is 0 Å². The fraction of sp³-hybridized carbons (Fsp3) is 0.600. The van der Waals surface area contributed by atoms with E-state index in [0.29, 0.717) is 6.04 Å². The minimum absolute atomic E-state index is 0.234. The molecule has 0 bridgehead atoms. The lowest BCUT2D eigenvalue weighted by molar-refractivity contribution is 0.392. The average Bonchev–Trinajstić information content (AvgIpc) is 2.29. The summed E-state index contributed by atoms with van der Waals surface area (Å²) in [7, 11) is 3.72. The zero-order valence-corrected chi connectivity index (χ0v) is 12.2. The smallest absolute Gasteiger partial charge is 0.126 e. The van der Waals surface area contributed by atoms with Crippen LogP contribution in [-0.2, 0) is 0 Å². The number of nitrogens with two attached hydrogens (primary N) is 1. The third-order valence-electron chi connectivity index (χ3n) is 3.29. The van der Waals surface area contributed by atoms with Gasteiger partial charge >= 0.3 is 0 Å². The van der Waals surface area contributed by atoms with Crippen molar-refractivity contribution in [2.75, 3.05) is 14.2 Å². The van der Waals surface area contributed by atoms with E-state index < -0.39 is 0 Å². The molecular weight excluding hydrogens is 224 g/mol. The van der Waals surface area contributed by atoms with Crippen LogP contribution in [0.5, 0.6) is 5.75 Å². The fourth-order valence-corrected chi connectivity index (χ4v) is 2.41. The van der Waals surface area contributed by atoms with Gasteiger partial charge in [-0.1, -0.05) is 17.7 Å². The number of ether oxygens (including phenoxy) is 1. The molecule has 3 heteroatoms. The lowest BCUT2D eigenvalue weighted by atomic mass is 9.95. The van der Waals surface area contributed by atoms with E-state index in [-0.39, 0.29) is 6.04 Å². The molecule has 1 rings (SSSR count). The number of rotatable bonds is 6. The summed E-state index contributed by atoms with van der Waals surface area (Å²) >= 11 is 0. The molecule has 3 N–H and O–H groups in total. The van der Waals surface area contributed by atoms with Crippen molar-refractivity contribution < 1.29 is 4.74 Å². The number of nitrogens with one attached hydrogen (secondary N) is 1. The van der Waals surface area contributed by atoms with Gasteiger partial charge in [0, 0.05) is 17.6 Å². The SMILES string of the molecule is CNC(CCC(C)N)c1cc(C)cc(C)c1OC. The first-order valence-corrected chi connectivity index (χ1v) is 6.57. The second kappa shape index (κ2) is 6.76. The first-order chi connectivity index (χ1) is 8.49. The van der Waals surface area contributed by atoms with Crippen LogP contribution in [0.1, 0.15) is 42.5 Å². The van der Waals surface area contributed by atoms with Crippen LogP contribution in [0, 0.1) is 13.8 Å². The fourth-order valence-electron chi connectivity index (χ4n) is 2.41. The molecule has 0 aliphatic carbocycles. The Morgan fingerprint density at radius 3 is 2.44 bits per heavy atom. The second-order valence-corrected chi connectivity index (χ2v) is 5.10. The molecule has 0 heterocycles. The summed E-state index contributed by atoms with van der Waals surface area (Å²) in [5.41, 5.74) is 9.54. The molecule has 3 nitrogen and oxygen atoms in total. The van der Waals surface area contributed by atoms with E-state index >= 15 is 0 Å². The minimum atomic E-state index is 0.234. The van der Waals surface area contributed by atoms with Gasteiger partial charge in [0.05, 0.1) is 7.11 Å². The van der Waals surface area contributed by atoms with Crippen LogP contribution in [0.15, 0.2) is 12.1 Å². The van der Waals surface area contributed by atoms with Crippen molar-refractivity contribution >= 4 is 0 Å². The molecule has 18 heavy (non-hydrogen) atoms. The predicted molar refractivity (Wildman–Crippen MR) is 77.2 cm³/mol. The van der Waals surface area contributed by atoms with Crippen molar-refractivity contribution in [1.29, 1.82) is 0 Å². The maximum absolute atomic E-state index is 5.84. The highest BCUT2D eigenvalue weighted by atomic mass is 16.5. The maximum Gasteiger partial charge on any atom is 0.126 e. The summed E-state index contributed by atoms with van der Waals surface area (Å²) in [4.78, 5) is 0. The molecule has 2 unspecified atom stereocenters. The maximum atomic E-state index is 5.84. The van der Waals surface area contributed by atoms with Gasteiger partial charge in [-0.25, -0.2) is 0 Å². The van der Waals surface area contributed by atoms with E-state index in [4.69, 9.17) is 10.5 Å². The zero-order valence-electron chi connectivity index (χ0n) is 12.2. The Morgan fingerprint density at radius 2 is 1.94 bits per heavy atom. The largest absolute Gasteiger partial charge is 0.496 e. The lowest BCUT2D eigenvalue weighted by Crippen LogP contribution is -2.22. The number of hydrogen-bond donors (Lipinski definition) is 2. The van der Waals surface area contributed by atoms with Gasteiger partial charge in [-0.2, -0.15) is 0 Å². The first kappa shape index (κ1) is 15.0. The van der Waals surface area contributed by atoms with E-state index in [1.54, 1.807) is 7.11 Å². The molecule has 0 fully saturated rings. The van der Waals surface area contributed by atoms with Crippen molar-refractivity contribution in [3.63, 3.8) is 0 Å². The molecule has 0 aliphatic heterocycles.